The van der Waals surface area contributed by atoms with Gasteiger partial charge in [-0.15, -0.1) is 0 Å². The molecular formula is C12H14O3. The maximum atomic E-state index is 11.4. The van der Waals surface area contributed by atoms with Crippen LogP contribution in [0.25, 0.3) is 0 Å². The van der Waals surface area contributed by atoms with Crippen molar-refractivity contribution in [2.45, 2.75) is 13.3 Å². The standard InChI is InChI=1S/C12H14O3/c1-10(7-8-13)9-15-12(14)11-5-3-2-4-6-11/h2-6,8,10H,7,9H2,1H3. The van der Waals surface area contributed by atoms with E-state index in [9.17, 15) is 9.59 Å². The van der Waals surface area contributed by atoms with Crippen molar-refractivity contribution in [3.8, 4) is 0 Å². The molecule has 15 heavy (non-hydrogen) atoms. The number of benzene rings is 1. The quantitative estimate of drug-likeness (QED) is 0.547. The molecule has 0 aliphatic rings. The monoisotopic (exact) mass is 206 g/mol. The number of carbonyl (C=O) groups is 2. The number of hydrogen-bond acceptors (Lipinski definition) is 3. The topological polar surface area (TPSA) is 43.4 Å². The van der Waals surface area contributed by atoms with E-state index in [0.29, 0.717) is 12.0 Å². The van der Waals surface area contributed by atoms with Gasteiger partial charge in [-0.05, 0) is 18.1 Å². The van der Waals surface area contributed by atoms with Crippen LogP contribution >= 0.6 is 0 Å². The van der Waals surface area contributed by atoms with Crippen LogP contribution in [0.1, 0.15) is 23.7 Å². The van der Waals surface area contributed by atoms with Crippen LogP contribution in [0.3, 0.4) is 0 Å². The second-order valence-corrected chi connectivity index (χ2v) is 3.47. The van der Waals surface area contributed by atoms with E-state index < -0.39 is 0 Å². The number of carbonyl (C=O) groups excluding carboxylic acids is 2. The molecule has 0 N–H and O–H groups in total. The molecule has 3 nitrogen and oxygen atoms in total. The smallest absolute Gasteiger partial charge is 0.338 e. The molecule has 0 aromatic heterocycles. The zero-order chi connectivity index (χ0) is 11.1. The van der Waals surface area contributed by atoms with E-state index in [1.165, 1.54) is 0 Å². The molecule has 0 bridgehead atoms. The lowest BCUT2D eigenvalue weighted by Crippen LogP contribution is -2.12. The Kier molecular flexibility index (Phi) is 4.54. The van der Waals surface area contributed by atoms with Crippen molar-refractivity contribution in [2.24, 2.45) is 5.92 Å². The van der Waals surface area contributed by atoms with E-state index in [4.69, 9.17) is 4.74 Å². The van der Waals surface area contributed by atoms with Crippen LogP contribution in [0.2, 0.25) is 0 Å². The summed E-state index contributed by atoms with van der Waals surface area (Å²) in [6.45, 7) is 2.15. The van der Waals surface area contributed by atoms with Crippen LogP contribution < -0.4 is 0 Å². The fraction of sp³-hybridized carbons (Fsp3) is 0.333. The number of aldehydes is 1. The van der Waals surface area contributed by atoms with E-state index in [-0.39, 0.29) is 18.5 Å². The van der Waals surface area contributed by atoms with Crippen molar-refractivity contribution in [1.29, 1.82) is 0 Å². The van der Waals surface area contributed by atoms with Crippen LogP contribution in [-0.2, 0) is 9.53 Å². The minimum Gasteiger partial charge on any atom is -0.462 e. The normalized spacial score (nSPS) is 11.8. The summed E-state index contributed by atoms with van der Waals surface area (Å²) in [4.78, 5) is 21.6. The minimum atomic E-state index is -0.339. The van der Waals surface area contributed by atoms with Crippen molar-refractivity contribution >= 4 is 12.3 Å². The number of hydrogen-bond donors (Lipinski definition) is 0. The molecule has 0 heterocycles. The second kappa shape index (κ2) is 5.96. The van der Waals surface area contributed by atoms with E-state index in [2.05, 4.69) is 0 Å². The molecule has 0 aliphatic carbocycles. The third-order valence-corrected chi connectivity index (χ3v) is 2.01. The summed E-state index contributed by atoms with van der Waals surface area (Å²) < 4.78 is 5.04. The summed E-state index contributed by atoms with van der Waals surface area (Å²) in [6, 6.07) is 8.81. The largest absolute Gasteiger partial charge is 0.462 e. The SMILES string of the molecule is CC(CC=O)COC(=O)c1ccccc1. The third kappa shape index (κ3) is 3.94. The summed E-state index contributed by atoms with van der Waals surface area (Å²) >= 11 is 0. The summed E-state index contributed by atoms with van der Waals surface area (Å²) in [5.41, 5.74) is 0.538. The Morgan fingerprint density at radius 1 is 1.40 bits per heavy atom. The Morgan fingerprint density at radius 3 is 2.67 bits per heavy atom. The molecule has 80 valence electrons. The minimum absolute atomic E-state index is 0.0789. The molecule has 0 aliphatic heterocycles. The Morgan fingerprint density at radius 2 is 2.07 bits per heavy atom. The lowest BCUT2D eigenvalue weighted by Gasteiger charge is -2.08. The molecular weight excluding hydrogens is 192 g/mol. The second-order valence-electron chi connectivity index (χ2n) is 3.47. The van der Waals surface area contributed by atoms with Gasteiger partial charge in [0.25, 0.3) is 0 Å². The van der Waals surface area contributed by atoms with Gasteiger partial charge < -0.3 is 9.53 Å². The molecule has 1 aromatic rings. The van der Waals surface area contributed by atoms with Gasteiger partial charge in [-0.25, -0.2) is 4.79 Å². The number of esters is 1. The number of rotatable bonds is 5. The van der Waals surface area contributed by atoms with Gasteiger partial charge in [0.15, 0.2) is 0 Å². The summed E-state index contributed by atoms with van der Waals surface area (Å²) in [6.07, 6.45) is 1.25. The highest BCUT2D eigenvalue weighted by atomic mass is 16.5. The van der Waals surface area contributed by atoms with Gasteiger partial charge in [0.1, 0.15) is 6.29 Å². The average molecular weight is 206 g/mol. The average Bonchev–Trinajstić information content (AvgIpc) is 2.27. The molecule has 0 saturated carbocycles. The van der Waals surface area contributed by atoms with Gasteiger partial charge in [-0.1, -0.05) is 25.1 Å². The lowest BCUT2D eigenvalue weighted by molar-refractivity contribution is -0.108. The Hall–Kier alpha value is -1.64. The first-order valence-corrected chi connectivity index (χ1v) is 4.90. The molecule has 0 fully saturated rings. The van der Waals surface area contributed by atoms with Crippen molar-refractivity contribution in [1.82, 2.24) is 0 Å². The van der Waals surface area contributed by atoms with E-state index in [1.807, 2.05) is 13.0 Å². The third-order valence-electron chi connectivity index (χ3n) is 2.01. The summed E-state index contributed by atoms with van der Waals surface area (Å²) in [5.74, 6) is -0.261. The molecule has 0 amide bonds. The van der Waals surface area contributed by atoms with Gasteiger partial charge in [-0.3, -0.25) is 0 Å². The van der Waals surface area contributed by atoms with Gasteiger partial charge in [-0.2, -0.15) is 0 Å². The highest BCUT2D eigenvalue weighted by Crippen LogP contribution is 2.05. The Bertz CT molecular complexity index is 319. The number of ether oxygens (including phenoxy) is 1. The zero-order valence-electron chi connectivity index (χ0n) is 8.68. The molecule has 0 radical (unpaired) electrons. The fourth-order valence-electron chi connectivity index (χ4n) is 1.11. The predicted molar refractivity (Wildman–Crippen MR) is 56.6 cm³/mol. The first kappa shape index (κ1) is 11.4. The molecule has 1 unspecified atom stereocenters. The van der Waals surface area contributed by atoms with Crippen LogP contribution in [-0.4, -0.2) is 18.9 Å². The van der Waals surface area contributed by atoms with E-state index >= 15 is 0 Å². The van der Waals surface area contributed by atoms with E-state index in [1.54, 1.807) is 24.3 Å². The molecule has 1 atom stereocenters. The Balaban J connectivity index is 2.40. The van der Waals surface area contributed by atoms with Crippen molar-refractivity contribution in [2.75, 3.05) is 6.61 Å². The van der Waals surface area contributed by atoms with Crippen LogP contribution in [0.4, 0.5) is 0 Å². The van der Waals surface area contributed by atoms with Crippen LogP contribution in [0.5, 0.6) is 0 Å². The van der Waals surface area contributed by atoms with Crippen LogP contribution in [0.15, 0.2) is 30.3 Å². The molecule has 1 rings (SSSR count). The van der Waals surface area contributed by atoms with Crippen molar-refractivity contribution < 1.29 is 14.3 Å². The first-order chi connectivity index (χ1) is 7.24. The lowest BCUT2D eigenvalue weighted by atomic mass is 10.1. The van der Waals surface area contributed by atoms with E-state index in [0.717, 1.165) is 6.29 Å². The maximum absolute atomic E-state index is 11.4. The summed E-state index contributed by atoms with van der Waals surface area (Å²) in [5, 5.41) is 0. The van der Waals surface area contributed by atoms with Gasteiger partial charge in [0.05, 0.1) is 12.2 Å². The Labute approximate surface area is 89.1 Å². The molecule has 3 heteroatoms. The molecule has 0 spiro atoms. The van der Waals surface area contributed by atoms with Crippen molar-refractivity contribution in [3.63, 3.8) is 0 Å². The highest BCUT2D eigenvalue weighted by molar-refractivity contribution is 5.89. The predicted octanol–water partition coefficient (Wildman–Crippen LogP) is 2.07. The van der Waals surface area contributed by atoms with Crippen LogP contribution in [0, 0.1) is 5.92 Å². The zero-order valence-corrected chi connectivity index (χ0v) is 8.68. The van der Waals surface area contributed by atoms with Crippen molar-refractivity contribution in [3.05, 3.63) is 35.9 Å². The highest BCUT2D eigenvalue weighted by Gasteiger charge is 2.08. The van der Waals surface area contributed by atoms with Gasteiger partial charge in [0, 0.05) is 6.42 Å². The molecule has 1 aromatic carbocycles. The fourth-order valence-corrected chi connectivity index (χ4v) is 1.11. The first-order valence-electron chi connectivity index (χ1n) is 4.90. The molecule has 0 saturated heterocycles. The maximum Gasteiger partial charge on any atom is 0.338 e. The van der Waals surface area contributed by atoms with Gasteiger partial charge in [0.2, 0.25) is 0 Å². The summed E-state index contributed by atoms with van der Waals surface area (Å²) in [7, 11) is 0. The van der Waals surface area contributed by atoms with Gasteiger partial charge >= 0.3 is 5.97 Å².